The van der Waals surface area contributed by atoms with E-state index >= 15 is 0 Å². The first-order valence-electron chi connectivity index (χ1n) is 7.93. The van der Waals surface area contributed by atoms with Gasteiger partial charge in [0.1, 0.15) is 18.6 Å². The van der Waals surface area contributed by atoms with E-state index in [2.05, 4.69) is 0 Å². The molecule has 0 saturated carbocycles. The van der Waals surface area contributed by atoms with Crippen molar-refractivity contribution in [3.8, 4) is 0 Å². The first-order valence-corrected chi connectivity index (χ1v) is 7.93. The predicted octanol–water partition coefficient (Wildman–Crippen LogP) is 3.61. The van der Waals surface area contributed by atoms with Crippen molar-refractivity contribution in [2.75, 3.05) is 0 Å². The molecule has 3 nitrogen and oxygen atoms in total. The van der Waals surface area contributed by atoms with Crippen molar-refractivity contribution in [3.05, 3.63) is 30.1 Å². The molecular weight excluding hydrogens is 274 g/mol. The van der Waals surface area contributed by atoms with Crippen LogP contribution in [0.5, 0.6) is 0 Å². The lowest BCUT2D eigenvalue weighted by atomic mass is 9.78. The largest absolute Gasteiger partial charge is 0.299 e. The maximum atomic E-state index is 12.4. The summed E-state index contributed by atoms with van der Waals surface area (Å²) in [6, 6.07) is 4.02. The van der Waals surface area contributed by atoms with Gasteiger partial charge in [-0.05, 0) is 11.5 Å². The summed E-state index contributed by atoms with van der Waals surface area (Å²) < 4.78 is 1.96. The molecule has 0 aliphatic rings. The van der Waals surface area contributed by atoms with E-state index in [1.807, 2.05) is 77.7 Å². The lowest BCUT2D eigenvalue weighted by Crippen LogP contribution is -2.28. The third-order valence-corrected chi connectivity index (χ3v) is 4.01. The quantitative estimate of drug-likeness (QED) is 0.779. The van der Waals surface area contributed by atoms with Crippen LogP contribution in [0, 0.1) is 10.8 Å². The van der Waals surface area contributed by atoms with E-state index in [9.17, 15) is 9.59 Å². The van der Waals surface area contributed by atoms with Crippen molar-refractivity contribution in [2.45, 2.75) is 60.3 Å². The molecule has 3 heteroatoms. The van der Waals surface area contributed by atoms with Crippen LogP contribution in [-0.2, 0) is 16.6 Å². The summed E-state index contributed by atoms with van der Waals surface area (Å²) in [5.41, 5.74) is 0.318. The third-order valence-electron chi connectivity index (χ3n) is 4.01. The molecule has 0 saturated heterocycles. The molecule has 0 amide bonds. The Morgan fingerprint density at radius 3 is 1.59 bits per heavy atom. The Balaban J connectivity index is 3.02. The Labute approximate surface area is 134 Å². The van der Waals surface area contributed by atoms with Crippen LogP contribution < -0.4 is 4.57 Å². The minimum Gasteiger partial charge on any atom is -0.299 e. The first-order chi connectivity index (χ1) is 9.91. The Morgan fingerprint density at radius 1 is 0.909 bits per heavy atom. The van der Waals surface area contributed by atoms with E-state index in [0.29, 0.717) is 12.8 Å². The summed E-state index contributed by atoms with van der Waals surface area (Å²) in [5, 5.41) is 0. The highest BCUT2D eigenvalue weighted by molar-refractivity contribution is 5.87. The molecule has 0 N–H and O–H groups in total. The number of aromatic nitrogens is 1. The van der Waals surface area contributed by atoms with Gasteiger partial charge >= 0.3 is 0 Å². The van der Waals surface area contributed by atoms with Crippen LogP contribution in [0.4, 0.5) is 0 Å². The smallest absolute Gasteiger partial charge is 0.168 e. The maximum absolute atomic E-state index is 12.4. The van der Waals surface area contributed by atoms with E-state index < -0.39 is 0 Å². The number of hydrogen-bond donors (Lipinski definition) is 0. The van der Waals surface area contributed by atoms with Crippen LogP contribution in [0.3, 0.4) is 0 Å². The molecule has 122 valence electrons. The minimum atomic E-state index is -0.373. The number of hydrogen-bond acceptors (Lipinski definition) is 2. The van der Waals surface area contributed by atoms with Gasteiger partial charge in [-0.3, -0.25) is 9.59 Å². The third kappa shape index (κ3) is 5.36. The number of nitrogens with zero attached hydrogens (tertiary/aromatic N) is 1. The lowest BCUT2D eigenvalue weighted by Gasteiger charge is -2.24. The second-order valence-electron chi connectivity index (χ2n) is 8.25. The number of rotatable bonds is 5. The zero-order valence-electron chi connectivity index (χ0n) is 15.1. The topological polar surface area (TPSA) is 38.0 Å². The standard InChI is InChI=1S/C19H30NO2/c1-18(2,3)16(21)12-15(13-17(22)19(4,5)6)14-8-10-20(7)11-9-14/h8-11,15H,12-13H2,1-7H3/q+1. The summed E-state index contributed by atoms with van der Waals surface area (Å²) in [5.74, 6) is 0.361. The average Bonchev–Trinajstić information content (AvgIpc) is 2.36. The maximum Gasteiger partial charge on any atom is 0.168 e. The highest BCUT2D eigenvalue weighted by atomic mass is 16.1. The molecule has 0 aromatic carbocycles. The van der Waals surface area contributed by atoms with E-state index in [1.165, 1.54) is 0 Å². The molecular formula is C19H30NO2+. The first kappa shape index (κ1) is 18.5. The summed E-state index contributed by atoms with van der Waals surface area (Å²) in [6.07, 6.45) is 4.76. The van der Waals surface area contributed by atoms with Gasteiger partial charge in [0.15, 0.2) is 12.4 Å². The van der Waals surface area contributed by atoms with Gasteiger partial charge in [-0.15, -0.1) is 0 Å². The zero-order chi connectivity index (χ0) is 17.1. The zero-order valence-corrected chi connectivity index (χ0v) is 15.1. The Hall–Kier alpha value is -1.51. The number of Topliss-reactive ketones (excluding diaryl/α,β-unsaturated/α-hetero) is 2. The average molecular weight is 304 g/mol. The molecule has 0 radical (unpaired) electrons. The molecule has 1 aromatic rings. The second kappa shape index (κ2) is 6.72. The van der Waals surface area contributed by atoms with Crippen molar-refractivity contribution >= 4 is 11.6 Å². The van der Waals surface area contributed by atoms with Crippen LogP contribution >= 0.6 is 0 Å². The SMILES string of the molecule is C[n+]1ccc(C(CC(=O)C(C)(C)C)CC(=O)C(C)(C)C)cc1. The van der Waals surface area contributed by atoms with Crippen molar-refractivity contribution in [2.24, 2.45) is 17.9 Å². The molecule has 0 aliphatic carbocycles. The highest BCUT2D eigenvalue weighted by Gasteiger charge is 2.30. The van der Waals surface area contributed by atoms with Crippen LogP contribution in [0.15, 0.2) is 24.5 Å². The molecule has 0 unspecified atom stereocenters. The number of carbonyl (C=O) groups is 2. The van der Waals surface area contributed by atoms with Crippen LogP contribution in [-0.4, -0.2) is 11.6 Å². The van der Waals surface area contributed by atoms with Gasteiger partial charge < -0.3 is 0 Å². The fraction of sp³-hybridized carbons (Fsp3) is 0.632. The molecule has 1 rings (SSSR count). The van der Waals surface area contributed by atoms with E-state index in [1.54, 1.807) is 0 Å². The van der Waals surface area contributed by atoms with Gasteiger partial charge in [-0.25, -0.2) is 4.57 Å². The van der Waals surface area contributed by atoms with Crippen molar-refractivity contribution in [3.63, 3.8) is 0 Å². The Bertz CT molecular complexity index is 502. The van der Waals surface area contributed by atoms with Crippen LogP contribution in [0.25, 0.3) is 0 Å². The number of aryl methyl sites for hydroxylation is 1. The summed E-state index contributed by atoms with van der Waals surface area (Å²) in [4.78, 5) is 24.9. The van der Waals surface area contributed by atoms with E-state index in [-0.39, 0.29) is 28.3 Å². The Kier molecular flexibility index (Phi) is 5.66. The molecule has 22 heavy (non-hydrogen) atoms. The van der Waals surface area contributed by atoms with E-state index in [0.717, 1.165) is 5.56 Å². The number of pyridine rings is 1. The molecule has 0 fully saturated rings. The van der Waals surface area contributed by atoms with Crippen LogP contribution in [0.2, 0.25) is 0 Å². The summed E-state index contributed by atoms with van der Waals surface area (Å²) in [7, 11) is 1.96. The number of carbonyl (C=O) groups excluding carboxylic acids is 2. The fourth-order valence-electron chi connectivity index (χ4n) is 2.15. The van der Waals surface area contributed by atoms with Gasteiger partial charge in [0.25, 0.3) is 0 Å². The van der Waals surface area contributed by atoms with Crippen molar-refractivity contribution in [1.82, 2.24) is 0 Å². The van der Waals surface area contributed by atoms with Gasteiger partial charge in [0, 0.05) is 35.8 Å². The van der Waals surface area contributed by atoms with Crippen molar-refractivity contribution in [1.29, 1.82) is 0 Å². The van der Waals surface area contributed by atoms with E-state index in [4.69, 9.17) is 0 Å². The molecule has 0 spiro atoms. The van der Waals surface area contributed by atoms with Gasteiger partial charge in [0.05, 0.1) is 0 Å². The fourth-order valence-corrected chi connectivity index (χ4v) is 2.15. The molecule has 1 heterocycles. The molecule has 0 aliphatic heterocycles. The van der Waals surface area contributed by atoms with Gasteiger partial charge in [0.2, 0.25) is 0 Å². The second-order valence-corrected chi connectivity index (χ2v) is 8.25. The number of ketones is 2. The molecule has 1 aromatic heterocycles. The molecule has 0 atom stereocenters. The predicted molar refractivity (Wildman–Crippen MR) is 88.5 cm³/mol. The summed E-state index contributed by atoms with van der Waals surface area (Å²) in [6.45, 7) is 11.6. The normalized spacial score (nSPS) is 12.5. The Morgan fingerprint density at radius 2 is 1.27 bits per heavy atom. The lowest BCUT2D eigenvalue weighted by molar-refractivity contribution is -0.671. The van der Waals surface area contributed by atoms with Gasteiger partial charge in [-0.2, -0.15) is 0 Å². The van der Waals surface area contributed by atoms with Gasteiger partial charge in [-0.1, -0.05) is 41.5 Å². The highest BCUT2D eigenvalue weighted by Crippen LogP contribution is 2.31. The summed E-state index contributed by atoms with van der Waals surface area (Å²) >= 11 is 0. The van der Waals surface area contributed by atoms with Crippen molar-refractivity contribution < 1.29 is 14.2 Å². The van der Waals surface area contributed by atoms with Crippen LogP contribution in [0.1, 0.15) is 65.9 Å². The monoisotopic (exact) mass is 304 g/mol. The minimum absolute atomic E-state index is 0.0420. The molecule has 0 bridgehead atoms.